The molecule has 4 rings (SSSR count). The van der Waals surface area contributed by atoms with E-state index in [2.05, 4.69) is 5.32 Å². The minimum Gasteiger partial charge on any atom is -0.366 e. The van der Waals surface area contributed by atoms with Gasteiger partial charge in [0.1, 0.15) is 5.82 Å². The molecule has 1 amide bonds. The van der Waals surface area contributed by atoms with E-state index >= 15 is 0 Å². The first-order chi connectivity index (χ1) is 15.3. The van der Waals surface area contributed by atoms with Crippen molar-refractivity contribution in [2.24, 2.45) is 0 Å². The normalized spacial score (nSPS) is 19.1. The third kappa shape index (κ3) is 4.47. The smallest absolute Gasteiger partial charge is 0.254 e. The molecule has 2 aliphatic rings. The number of piperazine rings is 1. The summed E-state index contributed by atoms with van der Waals surface area (Å²) in [6.07, 6.45) is 3.03. The summed E-state index contributed by atoms with van der Waals surface area (Å²) in [5, 5.41) is 12.3. The van der Waals surface area contributed by atoms with Gasteiger partial charge in [0.05, 0.1) is 22.2 Å². The molecular formula is C23H25FN4O3S. The molecule has 0 aliphatic carbocycles. The summed E-state index contributed by atoms with van der Waals surface area (Å²) in [6.45, 7) is 2.52. The third-order valence-corrected chi connectivity index (χ3v) is 7.21. The number of amides is 1. The highest BCUT2D eigenvalue weighted by Gasteiger charge is 2.29. The maximum absolute atomic E-state index is 14.4. The van der Waals surface area contributed by atoms with Gasteiger partial charge in [-0.25, -0.2) is 12.8 Å². The first-order valence-corrected chi connectivity index (χ1v) is 12.5. The molecule has 0 bridgehead atoms. The van der Waals surface area contributed by atoms with Crippen molar-refractivity contribution in [3.63, 3.8) is 0 Å². The third-order valence-electron chi connectivity index (χ3n) is 6.10. The maximum Gasteiger partial charge on any atom is 0.254 e. The van der Waals surface area contributed by atoms with Crippen LogP contribution in [0.5, 0.6) is 0 Å². The number of nitrogens with one attached hydrogen (secondary N) is 1. The summed E-state index contributed by atoms with van der Waals surface area (Å²) >= 11 is 0. The van der Waals surface area contributed by atoms with Crippen molar-refractivity contribution in [3.8, 4) is 6.07 Å². The van der Waals surface area contributed by atoms with Crippen molar-refractivity contribution in [3.05, 3.63) is 58.9 Å². The van der Waals surface area contributed by atoms with Gasteiger partial charge in [0, 0.05) is 44.0 Å². The molecule has 32 heavy (non-hydrogen) atoms. The first-order valence-electron chi connectivity index (χ1n) is 10.6. The zero-order valence-electron chi connectivity index (χ0n) is 17.8. The van der Waals surface area contributed by atoms with Crippen LogP contribution in [-0.4, -0.2) is 58.2 Å². The van der Waals surface area contributed by atoms with E-state index in [-0.39, 0.29) is 22.4 Å². The van der Waals surface area contributed by atoms with Crippen LogP contribution in [0.3, 0.4) is 0 Å². The van der Waals surface area contributed by atoms with Crippen LogP contribution in [-0.2, 0) is 9.84 Å². The van der Waals surface area contributed by atoms with Gasteiger partial charge in [0.15, 0.2) is 9.84 Å². The standard InChI is InChI=1S/C23H25FN4O3S/c1-32(30,31)17-5-6-18(21-3-2-8-26-21)19(14-17)23(29)28-11-9-27(10-12-28)22-7-4-16(15-25)13-20(22)24/h4-7,13-14,21,26H,2-3,8-12H2,1H3. The maximum atomic E-state index is 14.4. The Bertz CT molecular complexity index is 1180. The second-order valence-electron chi connectivity index (χ2n) is 8.23. The number of carbonyl (C=O) groups excluding carboxylic acids is 1. The Labute approximate surface area is 187 Å². The number of nitriles is 1. The molecule has 0 saturated carbocycles. The molecule has 2 aromatic carbocycles. The fraction of sp³-hybridized carbons (Fsp3) is 0.391. The summed E-state index contributed by atoms with van der Waals surface area (Å²) in [6, 6.07) is 11.1. The monoisotopic (exact) mass is 456 g/mol. The van der Waals surface area contributed by atoms with Crippen LogP contribution in [0.25, 0.3) is 0 Å². The molecule has 1 N–H and O–H groups in total. The SMILES string of the molecule is CS(=O)(=O)c1ccc(C2CCCN2)c(C(=O)N2CCN(c3ccc(C#N)cc3F)CC2)c1. The average molecular weight is 457 g/mol. The summed E-state index contributed by atoms with van der Waals surface area (Å²) in [4.78, 5) is 17.1. The predicted molar refractivity (Wildman–Crippen MR) is 119 cm³/mol. The lowest BCUT2D eigenvalue weighted by Gasteiger charge is -2.36. The zero-order chi connectivity index (χ0) is 22.9. The highest BCUT2D eigenvalue weighted by atomic mass is 32.2. The van der Waals surface area contributed by atoms with Gasteiger partial charge in [0.25, 0.3) is 5.91 Å². The lowest BCUT2D eigenvalue weighted by atomic mass is 9.98. The number of carbonyl (C=O) groups is 1. The molecule has 0 aromatic heterocycles. The quantitative estimate of drug-likeness (QED) is 0.760. The molecule has 7 nitrogen and oxygen atoms in total. The lowest BCUT2D eigenvalue weighted by molar-refractivity contribution is 0.0744. The van der Waals surface area contributed by atoms with Gasteiger partial charge in [-0.3, -0.25) is 4.79 Å². The van der Waals surface area contributed by atoms with Gasteiger partial charge in [-0.05, 0) is 55.3 Å². The van der Waals surface area contributed by atoms with Gasteiger partial charge in [-0.15, -0.1) is 0 Å². The van der Waals surface area contributed by atoms with Crippen molar-refractivity contribution in [1.82, 2.24) is 10.2 Å². The van der Waals surface area contributed by atoms with E-state index in [4.69, 9.17) is 5.26 Å². The fourth-order valence-electron chi connectivity index (χ4n) is 4.36. The molecule has 2 fully saturated rings. The number of nitrogens with zero attached hydrogens (tertiary/aromatic N) is 3. The van der Waals surface area contributed by atoms with Gasteiger partial charge in [-0.1, -0.05) is 6.07 Å². The minimum atomic E-state index is -3.45. The second-order valence-corrected chi connectivity index (χ2v) is 10.2. The minimum absolute atomic E-state index is 0.0246. The van der Waals surface area contributed by atoms with Crippen molar-refractivity contribution >= 4 is 21.4 Å². The Hall–Kier alpha value is -2.96. The summed E-state index contributed by atoms with van der Waals surface area (Å²) in [5.41, 5.74) is 1.90. The van der Waals surface area contributed by atoms with Crippen molar-refractivity contribution < 1.29 is 17.6 Å². The summed E-state index contributed by atoms with van der Waals surface area (Å²) in [5.74, 6) is -0.668. The molecular weight excluding hydrogens is 431 g/mol. The zero-order valence-corrected chi connectivity index (χ0v) is 18.7. The highest BCUT2D eigenvalue weighted by Crippen LogP contribution is 2.30. The van der Waals surface area contributed by atoms with Crippen LogP contribution in [0.1, 0.15) is 40.4 Å². The first kappa shape index (κ1) is 22.2. The van der Waals surface area contributed by atoms with Crippen LogP contribution in [0, 0.1) is 17.1 Å². The number of benzene rings is 2. The molecule has 168 valence electrons. The molecule has 2 aromatic rings. The van der Waals surface area contributed by atoms with Gasteiger partial charge < -0.3 is 15.1 Å². The number of halogens is 1. The van der Waals surface area contributed by atoms with Gasteiger partial charge >= 0.3 is 0 Å². The van der Waals surface area contributed by atoms with Crippen molar-refractivity contribution in [2.45, 2.75) is 23.8 Å². The van der Waals surface area contributed by atoms with Crippen molar-refractivity contribution in [1.29, 1.82) is 5.26 Å². The molecule has 2 heterocycles. The molecule has 1 atom stereocenters. The Morgan fingerprint density at radius 1 is 1.16 bits per heavy atom. The van der Waals surface area contributed by atoms with Crippen LogP contribution < -0.4 is 10.2 Å². The lowest BCUT2D eigenvalue weighted by Crippen LogP contribution is -2.49. The average Bonchev–Trinajstić information content (AvgIpc) is 3.32. The molecule has 2 saturated heterocycles. The second kappa shape index (κ2) is 8.88. The van der Waals surface area contributed by atoms with Crippen LogP contribution in [0.4, 0.5) is 10.1 Å². The number of rotatable bonds is 4. The van der Waals surface area contributed by atoms with Crippen LogP contribution in [0.15, 0.2) is 41.3 Å². The number of sulfone groups is 1. The number of hydrogen-bond acceptors (Lipinski definition) is 6. The van der Waals surface area contributed by atoms with Crippen molar-refractivity contribution in [2.75, 3.05) is 43.9 Å². The molecule has 0 spiro atoms. The number of anilines is 1. The van der Waals surface area contributed by atoms with Gasteiger partial charge in [-0.2, -0.15) is 5.26 Å². The van der Waals surface area contributed by atoms with E-state index in [1.807, 2.05) is 11.0 Å². The molecule has 2 aliphatic heterocycles. The van der Waals surface area contributed by atoms with E-state index < -0.39 is 15.7 Å². The summed E-state index contributed by atoms with van der Waals surface area (Å²) in [7, 11) is -3.45. The largest absolute Gasteiger partial charge is 0.366 e. The Morgan fingerprint density at radius 2 is 1.91 bits per heavy atom. The molecule has 1 unspecified atom stereocenters. The van der Waals surface area contributed by atoms with E-state index in [1.54, 1.807) is 29.2 Å². The Morgan fingerprint density at radius 3 is 2.50 bits per heavy atom. The van der Waals surface area contributed by atoms with Crippen LogP contribution >= 0.6 is 0 Å². The van der Waals surface area contributed by atoms with E-state index in [0.717, 1.165) is 31.2 Å². The fourth-order valence-corrected chi connectivity index (χ4v) is 5.01. The van der Waals surface area contributed by atoms with E-state index in [0.29, 0.717) is 37.4 Å². The predicted octanol–water partition coefficient (Wildman–Crippen LogP) is 2.49. The van der Waals surface area contributed by atoms with E-state index in [1.165, 1.54) is 12.1 Å². The van der Waals surface area contributed by atoms with Crippen LogP contribution in [0.2, 0.25) is 0 Å². The van der Waals surface area contributed by atoms with Gasteiger partial charge in [0.2, 0.25) is 0 Å². The Balaban J connectivity index is 1.55. The Kier molecular flexibility index (Phi) is 6.17. The molecule has 9 heteroatoms. The van der Waals surface area contributed by atoms with E-state index in [9.17, 15) is 17.6 Å². The molecule has 0 radical (unpaired) electrons. The number of hydrogen-bond donors (Lipinski definition) is 1. The topological polar surface area (TPSA) is 93.5 Å². The summed E-state index contributed by atoms with van der Waals surface area (Å²) < 4.78 is 38.6. The highest BCUT2D eigenvalue weighted by molar-refractivity contribution is 7.90.